The third-order valence-corrected chi connectivity index (χ3v) is 3.01. The normalized spacial score (nSPS) is 12.6. The summed E-state index contributed by atoms with van der Waals surface area (Å²) in [5.41, 5.74) is 3.34. The summed E-state index contributed by atoms with van der Waals surface area (Å²) < 4.78 is 1.94. The van der Waals surface area contributed by atoms with Gasteiger partial charge in [0, 0.05) is 36.6 Å². The first-order valence-electron chi connectivity index (χ1n) is 6.37. The highest BCUT2D eigenvalue weighted by atomic mass is 15.3. The highest BCUT2D eigenvalue weighted by molar-refractivity contribution is 5.12. The number of aromatic nitrogens is 3. The van der Waals surface area contributed by atoms with Crippen LogP contribution in [0.2, 0.25) is 0 Å². The van der Waals surface area contributed by atoms with Gasteiger partial charge >= 0.3 is 0 Å². The predicted octanol–water partition coefficient (Wildman–Crippen LogP) is 2.46. The maximum atomic E-state index is 4.48. The van der Waals surface area contributed by atoms with E-state index in [2.05, 4.69) is 35.4 Å². The van der Waals surface area contributed by atoms with Crippen molar-refractivity contribution < 1.29 is 0 Å². The van der Waals surface area contributed by atoms with Crippen LogP contribution in [0.1, 0.15) is 36.8 Å². The van der Waals surface area contributed by atoms with Crippen LogP contribution in [-0.4, -0.2) is 14.8 Å². The van der Waals surface area contributed by atoms with Crippen LogP contribution in [0, 0.1) is 6.92 Å². The van der Waals surface area contributed by atoms with E-state index in [0.29, 0.717) is 0 Å². The zero-order chi connectivity index (χ0) is 13.0. The standard InChI is InChI=1S/C14H20N4/c1-4-18-10-13(8-16-18)12(3)15-9-14-7-5-6-11(2)17-14/h5-8,10,12,15H,4,9H2,1-3H3. The van der Waals surface area contributed by atoms with Gasteiger partial charge in [-0.1, -0.05) is 6.07 Å². The minimum Gasteiger partial charge on any atom is -0.304 e. The number of aryl methyl sites for hydroxylation is 2. The topological polar surface area (TPSA) is 42.7 Å². The molecule has 2 aromatic rings. The van der Waals surface area contributed by atoms with Crippen molar-refractivity contribution in [1.29, 1.82) is 0 Å². The van der Waals surface area contributed by atoms with Gasteiger partial charge in [0.2, 0.25) is 0 Å². The Morgan fingerprint density at radius 1 is 1.39 bits per heavy atom. The summed E-state index contributed by atoms with van der Waals surface area (Å²) in [7, 11) is 0. The van der Waals surface area contributed by atoms with Crippen LogP contribution in [-0.2, 0) is 13.1 Å². The highest BCUT2D eigenvalue weighted by Crippen LogP contribution is 2.11. The molecule has 1 unspecified atom stereocenters. The number of nitrogens with one attached hydrogen (secondary N) is 1. The Kier molecular flexibility index (Phi) is 4.10. The van der Waals surface area contributed by atoms with Gasteiger partial charge in [0.1, 0.15) is 0 Å². The number of nitrogens with zero attached hydrogens (tertiary/aromatic N) is 3. The molecule has 0 spiro atoms. The first kappa shape index (κ1) is 12.8. The molecular formula is C14H20N4. The zero-order valence-corrected chi connectivity index (χ0v) is 11.2. The molecule has 0 fully saturated rings. The molecule has 96 valence electrons. The second-order valence-electron chi connectivity index (χ2n) is 4.50. The molecule has 0 aromatic carbocycles. The second kappa shape index (κ2) is 5.78. The number of hydrogen-bond acceptors (Lipinski definition) is 3. The van der Waals surface area contributed by atoms with E-state index in [1.54, 1.807) is 0 Å². The SMILES string of the molecule is CCn1cc(C(C)NCc2cccc(C)n2)cn1. The van der Waals surface area contributed by atoms with Crippen molar-refractivity contribution in [3.05, 3.63) is 47.5 Å². The monoisotopic (exact) mass is 244 g/mol. The third kappa shape index (κ3) is 3.17. The van der Waals surface area contributed by atoms with Crippen molar-refractivity contribution in [1.82, 2.24) is 20.1 Å². The molecule has 0 bridgehead atoms. The van der Waals surface area contributed by atoms with Crippen LogP contribution < -0.4 is 5.32 Å². The quantitative estimate of drug-likeness (QED) is 0.878. The van der Waals surface area contributed by atoms with E-state index < -0.39 is 0 Å². The Morgan fingerprint density at radius 2 is 2.22 bits per heavy atom. The summed E-state index contributed by atoms with van der Waals surface area (Å²) in [6.45, 7) is 7.93. The van der Waals surface area contributed by atoms with Gasteiger partial charge in [-0.3, -0.25) is 9.67 Å². The van der Waals surface area contributed by atoms with Gasteiger partial charge in [-0.25, -0.2) is 0 Å². The van der Waals surface area contributed by atoms with E-state index in [1.807, 2.05) is 36.0 Å². The first-order valence-corrected chi connectivity index (χ1v) is 6.37. The van der Waals surface area contributed by atoms with Crippen LogP contribution in [0.4, 0.5) is 0 Å². The average molecular weight is 244 g/mol. The molecule has 2 aromatic heterocycles. The summed E-state index contributed by atoms with van der Waals surface area (Å²) in [4.78, 5) is 4.48. The molecule has 0 saturated carbocycles. The van der Waals surface area contributed by atoms with Gasteiger partial charge in [0.15, 0.2) is 0 Å². The molecule has 0 aliphatic rings. The lowest BCUT2D eigenvalue weighted by atomic mass is 10.2. The van der Waals surface area contributed by atoms with Gasteiger partial charge in [0.25, 0.3) is 0 Å². The number of pyridine rings is 1. The fraction of sp³-hybridized carbons (Fsp3) is 0.429. The van der Waals surface area contributed by atoms with E-state index in [1.165, 1.54) is 5.56 Å². The van der Waals surface area contributed by atoms with E-state index >= 15 is 0 Å². The van der Waals surface area contributed by atoms with Crippen LogP contribution in [0.3, 0.4) is 0 Å². The van der Waals surface area contributed by atoms with Crippen LogP contribution in [0.25, 0.3) is 0 Å². The third-order valence-electron chi connectivity index (χ3n) is 3.01. The molecule has 0 amide bonds. The fourth-order valence-electron chi connectivity index (χ4n) is 1.85. The molecular weight excluding hydrogens is 224 g/mol. The summed E-state index contributed by atoms with van der Waals surface area (Å²) in [5, 5.41) is 7.75. The number of rotatable bonds is 5. The summed E-state index contributed by atoms with van der Waals surface area (Å²) in [6.07, 6.45) is 4.01. The maximum Gasteiger partial charge on any atom is 0.0545 e. The van der Waals surface area contributed by atoms with Gasteiger partial charge in [-0.15, -0.1) is 0 Å². The van der Waals surface area contributed by atoms with Crippen LogP contribution >= 0.6 is 0 Å². The lowest BCUT2D eigenvalue weighted by Gasteiger charge is -2.11. The highest BCUT2D eigenvalue weighted by Gasteiger charge is 2.07. The van der Waals surface area contributed by atoms with Gasteiger partial charge in [-0.2, -0.15) is 5.10 Å². The average Bonchev–Trinajstić information content (AvgIpc) is 2.85. The molecule has 18 heavy (non-hydrogen) atoms. The Bertz CT molecular complexity index is 504. The van der Waals surface area contributed by atoms with Gasteiger partial charge in [0.05, 0.1) is 11.9 Å². The van der Waals surface area contributed by atoms with E-state index in [0.717, 1.165) is 24.5 Å². The molecule has 0 aliphatic heterocycles. The smallest absolute Gasteiger partial charge is 0.0545 e. The predicted molar refractivity (Wildman–Crippen MR) is 72.1 cm³/mol. The summed E-state index contributed by atoms with van der Waals surface area (Å²) >= 11 is 0. The zero-order valence-electron chi connectivity index (χ0n) is 11.2. The van der Waals surface area contributed by atoms with Gasteiger partial charge in [-0.05, 0) is 32.9 Å². The maximum absolute atomic E-state index is 4.48. The minimum absolute atomic E-state index is 0.285. The Labute approximate surface area is 108 Å². The van der Waals surface area contributed by atoms with Crippen LogP contribution in [0.5, 0.6) is 0 Å². The lowest BCUT2D eigenvalue weighted by molar-refractivity contribution is 0.565. The van der Waals surface area contributed by atoms with Crippen LogP contribution in [0.15, 0.2) is 30.6 Å². The van der Waals surface area contributed by atoms with Crippen molar-refractivity contribution in [2.24, 2.45) is 0 Å². The molecule has 0 saturated heterocycles. The minimum atomic E-state index is 0.285. The lowest BCUT2D eigenvalue weighted by Crippen LogP contribution is -2.18. The van der Waals surface area contributed by atoms with E-state index in [4.69, 9.17) is 0 Å². The number of hydrogen-bond donors (Lipinski definition) is 1. The van der Waals surface area contributed by atoms with Gasteiger partial charge < -0.3 is 5.32 Å². The Hall–Kier alpha value is -1.68. The molecule has 1 N–H and O–H groups in total. The van der Waals surface area contributed by atoms with Crippen molar-refractivity contribution in [2.45, 2.75) is 39.9 Å². The van der Waals surface area contributed by atoms with Crippen molar-refractivity contribution in [2.75, 3.05) is 0 Å². The molecule has 4 nitrogen and oxygen atoms in total. The van der Waals surface area contributed by atoms with E-state index in [9.17, 15) is 0 Å². The molecule has 2 heterocycles. The summed E-state index contributed by atoms with van der Waals surface area (Å²) in [5.74, 6) is 0. The largest absolute Gasteiger partial charge is 0.304 e. The molecule has 0 aliphatic carbocycles. The summed E-state index contributed by atoms with van der Waals surface area (Å²) in [6, 6.07) is 6.38. The molecule has 0 radical (unpaired) electrons. The Morgan fingerprint density at radius 3 is 2.89 bits per heavy atom. The molecule has 4 heteroatoms. The van der Waals surface area contributed by atoms with Crippen molar-refractivity contribution in [3.63, 3.8) is 0 Å². The molecule has 2 rings (SSSR count). The van der Waals surface area contributed by atoms with Crippen molar-refractivity contribution in [3.8, 4) is 0 Å². The first-order chi connectivity index (χ1) is 8.69. The second-order valence-corrected chi connectivity index (χ2v) is 4.50. The fourth-order valence-corrected chi connectivity index (χ4v) is 1.85. The molecule has 1 atom stereocenters. The Balaban J connectivity index is 1.93. The van der Waals surface area contributed by atoms with Crippen molar-refractivity contribution >= 4 is 0 Å². The van der Waals surface area contributed by atoms with E-state index in [-0.39, 0.29) is 6.04 Å².